The van der Waals surface area contributed by atoms with Gasteiger partial charge in [-0.15, -0.1) is 0 Å². The second-order valence-electron chi connectivity index (χ2n) is 8.56. The van der Waals surface area contributed by atoms with Crippen molar-refractivity contribution in [2.45, 2.75) is 18.8 Å². The highest BCUT2D eigenvalue weighted by molar-refractivity contribution is 5.64. The zero-order chi connectivity index (χ0) is 22.6. The molecule has 0 radical (unpaired) electrons. The van der Waals surface area contributed by atoms with Gasteiger partial charge in [-0.25, -0.2) is 4.39 Å². The molecule has 5 rings (SSSR count). The predicted octanol–water partition coefficient (Wildman–Crippen LogP) is 4.44. The average Bonchev–Trinajstić information content (AvgIpc) is 3.49. The summed E-state index contributed by atoms with van der Waals surface area (Å²) in [5.74, 6) is 2.09. The van der Waals surface area contributed by atoms with Crippen LogP contribution < -0.4 is 14.2 Å². The Morgan fingerprint density at radius 2 is 2.12 bits per heavy atom. The number of aromatic amines is 1. The van der Waals surface area contributed by atoms with Crippen molar-refractivity contribution in [3.8, 4) is 17.2 Å². The molecule has 1 N–H and O–H groups in total. The van der Waals surface area contributed by atoms with Gasteiger partial charge < -0.3 is 14.2 Å². The number of para-hydroxylation sites is 1. The van der Waals surface area contributed by atoms with Crippen LogP contribution in [0.1, 0.15) is 29.3 Å². The third-order valence-corrected chi connectivity index (χ3v) is 6.22. The van der Waals surface area contributed by atoms with E-state index in [0.29, 0.717) is 25.6 Å². The number of likely N-dealkylation sites (tertiary alicyclic amines) is 1. The molecule has 2 aliphatic heterocycles. The van der Waals surface area contributed by atoms with Gasteiger partial charge >= 0.3 is 0 Å². The molecule has 1 saturated heterocycles. The van der Waals surface area contributed by atoms with Crippen LogP contribution in [0.15, 0.2) is 54.1 Å². The van der Waals surface area contributed by atoms with Crippen molar-refractivity contribution < 1.29 is 18.6 Å². The number of hydrogen-bond acceptors (Lipinski definition) is 5. The summed E-state index contributed by atoms with van der Waals surface area (Å²) in [6.45, 7) is 3.92. The monoisotopic (exact) mass is 449 g/mol. The van der Waals surface area contributed by atoms with Crippen LogP contribution >= 0.6 is 0 Å². The molecular formula is C26H28FN3O3. The third kappa shape index (κ3) is 5.03. The second-order valence-corrected chi connectivity index (χ2v) is 8.56. The van der Waals surface area contributed by atoms with Gasteiger partial charge in [-0.05, 0) is 61.0 Å². The Kier molecular flexibility index (Phi) is 6.30. The molecule has 1 aromatic heterocycles. The third-order valence-electron chi connectivity index (χ3n) is 6.22. The van der Waals surface area contributed by atoms with Crippen molar-refractivity contribution in [2.24, 2.45) is 0 Å². The highest BCUT2D eigenvalue weighted by atomic mass is 19.1. The van der Waals surface area contributed by atoms with Gasteiger partial charge in [0, 0.05) is 36.7 Å². The van der Waals surface area contributed by atoms with Gasteiger partial charge in [0.1, 0.15) is 18.1 Å². The van der Waals surface area contributed by atoms with Gasteiger partial charge in [-0.2, -0.15) is 5.10 Å². The molecule has 7 heteroatoms. The molecule has 0 amide bonds. The molecule has 0 bridgehead atoms. The number of hydrogen-bond donors (Lipinski definition) is 1. The first kappa shape index (κ1) is 21.5. The fourth-order valence-corrected chi connectivity index (χ4v) is 4.48. The fourth-order valence-electron chi connectivity index (χ4n) is 4.48. The Morgan fingerprint density at radius 1 is 1.21 bits per heavy atom. The van der Waals surface area contributed by atoms with E-state index in [1.807, 2.05) is 18.2 Å². The lowest BCUT2D eigenvalue weighted by Crippen LogP contribution is -2.26. The standard InChI is InChI=1S/C26H28FN3O3/c1-31-22-6-7-25-20(13-22)12-18(17-33-25)15-30-10-8-19(16-30)24-14-21(28-29-24)9-11-32-26-5-3-2-4-23(26)27/h2-7,12-14,19H,8-11,15-17H2,1H3,(H,28,29). The number of aromatic nitrogens is 2. The van der Waals surface area contributed by atoms with Crippen LogP contribution in [0.5, 0.6) is 17.2 Å². The van der Waals surface area contributed by atoms with Gasteiger partial charge in [0.15, 0.2) is 11.6 Å². The number of nitrogens with zero attached hydrogens (tertiary/aromatic N) is 2. The molecule has 6 nitrogen and oxygen atoms in total. The zero-order valence-electron chi connectivity index (χ0n) is 18.7. The molecule has 0 aliphatic carbocycles. The molecule has 33 heavy (non-hydrogen) atoms. The van der Waals surface area contributed by atoms with Gasteiger partial charge in [0.05, 0.1) is 19.4 Å². The van der Waals surface area contributed by atoms with Crippen LogP contribution in [0, 0.1) is 5.82 Å². The Hall–Kier alpha value is -3.32. The number of fused-ring (bicyclic) bond motifs is 1. The minimum atomic E-state index is -0.338. The van der Waals surface area contributed by atoms with E-state index in [9.17, 15) is 4.39 Å². The summed E-state index contributed by atoms with van der Waals surface area (Å²) in [6, 6.07) is 14.5. The van der Waals surface area contributed by atoms with E-state index in [0.717, 1.165) is 54.5 Å². The van der Waals surface area contributed by atoms with Crippen molar-refractivity contribution >= 4 is 6.08 Å². The van der Waals surface area contributed by atoms with Crippen LogP contribution in [0.25, 0.3) is 6.08 Å². The molecule has 1 fully saturated rings. The van der Waals surface area contributed by atoms with Gasteiger partial charge in [0.25, 0.3) is 0 Å². The number of methoxy groups -OCH3 is 1. The lowest BCUT2D eigenvalue weighted by Gasteiger charge is -2.22. The van der Waals surface area contributed by atoms with Crippen molar-refractivity contribution in [1.29, 1.82) is 0 Å². The van der Waals surface area contributed by atoms with E-state index in [1.54, 1.807) is 25.3 Å². The summed E-state index contributed by atoms with van der Waals surface area (Å²) in [7, 11) is 1.68. The lowest BCUT2D eigenvalue weighted by molar-refractivity contribution is 0.304. The first-order valence-electron chi connectivity index (χ1n) is 11.3. The Morgan fingerprint density at radius 3 is 3.00 bits per heavy atom. The molecule has 1 unspecified atom stereocenters. The van der Waals surface area contributed by atoms with Gasteiger partial charge in [-0.3, -0.25) is 10.00 Å². The maximum Gasteiger partial charge on any atom is 0.165 e. The van der Waals surface area contributed by atoms with E-state index >= 15 is 0 Å². The van der Waals surface area contributed by atoms with E-state index < -0.39 is 0 Å². The van der Waals surface area contributed by atoms with Crippen molar-refractivity contribution in [3.63, 3.8) is 0 Å². The summed E-state index contributed by atoms with van der Waals surface area (Å²) in [5.41, 5.74) is 4.43. The fraction of sp³-hybridized carbons (Fsp3) is 0.346. The minimum absolute atomic E-state index is 0.283. The van der Waals surface area contributed by atoms with E-state index in [2.05, 4.69) is 27.2 Å². The molecule has 0 saturated carbocycles. The summed E-state index contributed by atoms with van der Waals surface area (Å²) >= 11 is 0. The summed E-state index contributed by atoms with van der Waals surface area (Å²) in [4.78, 5) is 2.46. The van der Waals surface area contributed by atoms with Crippen molar-refractivity contribution in [1.82, 2.24) is 15.1 Å². The Balaban J connectivity index is 1.14. The number of ether oxygens (including phenoxy) is 3. The SMILES string of the molecule is COc1ccc2c(c1)C=C(CN1CCC(c3cc(CCOc4ccccc4F)[nH]n3)C1)CO2. The smallest absolute Gasteiger partial charge is 0.165 e. The first-order chi connectivity index (χ1) is 16.2. The molecule has 2 aromatic carbocycles. The van der Waals surface area contributed by atoms with Crippen LogP contribution in [-0.2, 0) is 6.42 Å². The topological polar surface area (TPSA) is 59.6 Å². The second kappa shape index (κ2) is 9.67. The van der Waals surface area contributed by atoms with Crippen LogP contribution in [0.4, 0.5) is 4.39 Å². The molecule has 3 aromatic rings. The van der Waals surface area contributed by atoms with Crippen molar-refractivity contribution in [3.05, 3.63) is 76.9 Å². The highest BCUT2D eigenvalue weighted by Gasteiger charge is 2.27. The molecule has 3 heterocycles. The first-order valence-corrected chi connectivity index (χ1v) is 11.3. The Labute approximate surface area is 193 Å². The maximum absolute atomic E-state index is 13.7. The number of benzene rings is 2. The largest absolute Gasteiger partial charge is 0.497 e. The minimum Gasteiger partial charge on any atom is -0.497 e. The van der Waals surface area contributed by atoms with E-state index in [4.69, 9.17) is 14.2 Å². The number of halogens is 1. The number of H-pyrrole nitrogens is 1. The van der Waals surface area contributed by atoms with E-state index in [1.165, 1.54) is 11.6 Å². The molecule has 0 spiro atoms. The molecule has 2 aliphatic rings. The number of rotatable bonds is 8. The summed E-state index contributed by atoms with van der Waals surface area (Å²) in [6.07, 6.45) is 3.95. The van der Waals surface area contributed by atoms with E-state index in [-0.39, 0.29) is 11.6 Å². The predicted molar refractivity (Wildman–Crippen MR) is 124 cm³/mol. The summed E-state index contributed by atoms with van der Waals surface area (Å²) in [5, 5.41) is 7.65. The van der Waals surface area contributed by atoms with Crippen LogP contribution in [0.3, 0.4) is 0 Å². The zero-order valence-corrected chi connectivity index (χ0v) is 18.7. The lowest BCUT2D eigenvalue weighted by atomic mass is 10.0. The summed E-state index contributed by atoms with van der Waals surface area (Å²) < 4.78 is 30.5. The molecular weight excluding hydrogens is 421 g/mol. The Bertz CT molecular complexity index is 1140. The quantitative estimate of drug-likeness (QED) is 0.551. The van der Waals surface area contributed by atoms with Gasteiger partial charge in [0.2, 0.25) is 0 Å². The average molecular weight is 450 g/mol. The van der Waals surface area contributed by atoms with Crippen molar-refractivity contribution in [2.75, 3.05) is 40.0 Å². The highest BCUT2D eigenvalue weighted by Crippen LogP contribution is 2.32. The normalized spacial score (nSPS) is 17.9. The van der Waals surface area contributed by atoms with Crippen LogP contribution in [-0.4, -0.2) is 55.1 Å². The molecule has 172 valence electrons. The number of nitrogens with one attached hydrogen (secondary N) is 1. The molecule has 1 atom stereocenters. The van der Waals surface area contributed by atoms with Gasteiger partial charge in [-0.1, -0.05) is 12.1 Å². The van der Waals surface area contributed by atoms with Crippen LogP contribution in [0.2, 0.25) is 0 Å². The maximum atomic E-state index is 13.7.